The molecule has 54 heavy (non-hydrogen) atoms. The van der Waals surface area contributed by atoms with Crippen LogP contribution in [0.4, 0.5) is 0 Å². The molecule has 0 spiro atoms. The van der Waals surface area contributed by atoms with Gasteiger partial charge in [0.15, 0.2) is 0 Å². The molecule has 2 amide bonds. The van der Waals surface area contributed by atoms with Crippen LogP contribution in [-0.4, -0.2) is 150 Å². The van der Waals surface area contributed by atoms with Crippen LogP contribution >= 0.6 is 0 Å². The van der Waals surface area contributed by atoms with Crippen LogP contribution in [-0.2, 0) is 55.8 Å². The Morgan fingerprint density at radius 2 is 1.19 bits per heavy atom. The maximum Gasteiger partial charge on any atom is 0.300 e. The summed E-state index contributed by atoms with van der Waals surface area (Å²) in [5.41, 5.74) is 22.0. The molecular weight excluding hydrogens is 712 g/mol. The fourth-order valence-electron chi connectivity index (χ4n) is 2.72. The smallest absolute Gasteiger partial charge is 0.300 e. The number of carboxylic acids is 1. The molecular formula is C32H62N12O10. The van der Waals surface area contributed by atoms with Gasteiger partial charge in [-0.1, -0.05) is 29.3 Å². The Hall–Kier alpha value is -4.55. The average Bonchev–Trinajstić information content (AvgIpc) is 3.61. The lowest BCUT2D eigenvalue weighted by Gasteiger charge is -2.06. The predicted molar refractivity (Wildman–Crippen MR) is 201 cm³/mol. The summed E-state index contributed by atoms with van der Waals surface area (Å²) in [5, 5.41) is 27.3. The van der Waals surface area contributed by atoms with Crippen molar-refractivity contribution in [2.45, 2.75) is 54.0 Å². The van der Waals surface area contributed by atoms with Gasteiger partial charge >= 0.3 is 0 Å². The summed E-state index contributed by atoms with van der Waals surface area (Å²) in [5.74, 6) is 1.49. The summed E-state index contributed by atoms with van der Waals surface area (Å²) in [6.07, 6.45) is 8.44. The van der Waals surface area contributed by atoms with Gasteiger partial charge < -0.3 is 49.9 Å². The Labute approximate surface area is 318 Å². The highest BCUT2D eigenvalue weighted by Crippen LogP contribution is 1.93. The van der Waals surface area contributed by atoms with Crippen molar-refractivity contribution >= 4 is 17.8 Å². The molecule has 0 aromatic carbocycles. The highest BCUT2D eigenvalue weighted by Gasteiger charge is 1.98. The van der Waals surface area contributed by atoms with Crippen LogP contribution in [0.1, 0.15) is 46.7 Å². The van der Waals surface area contributed by atoms with E-state index in [2.05, 4.69) is 46.9 Å². The minimum atomic E-state index is -0.833. The fourth-order valence-corrected chi connectivity index (χ4v) is 2.72. The lowest BCUT2D eigenvalue weighted by atomic mass is 10.4. The number of nitrogens with one attached hydrogen (secondary N) is 2. The molecule has 0 bridgehead atoms. The maximum absolute atomic E-state index is 10.6. The third kappa shape index (κ3) is 62.6. The number of amides is 2. The Morgan fingerprint density at radius 1 is 0.796 bits per heavy atom. The summed E-state index contributed by atoms with van der Waals surface area (Å²) in [7, 11) is 0. The zero-order chi connectivity index (χ0) is 41.3. The summed E-state index contributed by atoms with van der Waals surface area (Å²) >= 11 is 0. The monoisotopic (exact) mass is 774 g/mol. The molecule has 0 saturated carbocycles. The molecule has 0 aliphatic carbocycles. The topological polar surface area (TPSA) is 305 Å². The van der Waals surface area contributed by atoms with Gasteiger partial charge in [0.2, 0.25) is 11.8 Å². The summed E-state index contributed by atoms with van der Waals surface area (Å²) < 4.78 is 32.8. The summed E-state index contributed by atoms with van der Waals surface area (Å²) in [6.45, 7) is 17.0. The molecule has 1 heterocycles. The predicted octanol–water partition coefficient (Wildman–Crippen LogP) is 1.88. The van der Waals surface area contributed by atoms with E-state index in [-0.39, 0.29) is 11.8 Å². The number of carbonyl (C=O) groups is 3. The second-order valence-corrected chi connectivity index (χ2v) is 9.74. The van der Waals surface area contributed by atoms with Crippen LogP contribution in [0.5, 0.6) is 0 Å². The number of aromatic nitrogens is 3. The van der Waals surface area contributed by atoms with Crippen molar-refractivity contribution in [3.8, 4) is 12.3 Å². The highest BCUT2D eigenvalue weighted by molar-refractivity contribution is 5.73. The van der Waals surface area contributed by atoms with Gasteiger partial charge in [0.25, 0.3) is 5.97 Å². The first-order valence-corrected chi connectivity index (χ1v) is 17.2. The first-order chi connectivity index (χ1) is 26.1. The second-order valence-electron chi connectivity index (χ2n) is 9.74. The molecule has 1 aromatic rings. The van der Waals surface area contributed by atoms with E-state index in [1.54, 1.807) is 4.68 Å². The van der Waals surface area contributed by atoms with E-state index < -0.39 is 5.97 Å². The molecule has 0 unspecified atom stereocenters. The summed E-state index contributed by atoms with van der Waals surface area (Å²) in [6, 6.07) is 0. The van der Waals surface area contributed by atoms with Gasteiger partial charge in [-0.3, -0.25) is 14.4 Å². The third-order valence-corrected chi connectivity index (χ3v) is 5.03. The Bertz CT molecular complexity index is 1130. The van der Waals surface area contributed by atoms with Crippen molar-refractivity contribution in [2.24, 2.45) is 16.0 Å². The lowest BCUT2D eigenvalue weighted by Crippen LogP contribution is -2.25. The SMILES string of the molecule is C#CCC.CC(=O)NCCOCCOCCN=[N+]=[N-].CC(=O)O.CCc1cn(CCOCCOCCNC(C)=O)nn1.[N-]=[N+]=NCCOCCOCCN. The highest BCUT2D eigenvalue weighted by atomic mass is 16.5. The van der Waals surface area contributed by atoms with E-state index in [1.807, 2.05) is 20.0 Å². The Kier molecular flexibility index (Phi) is 52.6. The van der Waals surface area contributed by atoms with E-state index in [1.165, 1.54) is 13.8 Å². The zero-order valence-electron chi connectivity index (χ0n) is 32.5. The van der Waals surface area contributed by atoms with Crippen molar-refractivity contribution in [1.82, 2.24) is 25.6 Å². The number of azide groups is 2. The van der Waals surface area contributed by atoms with Gasteiger partial charge in [0.05, 0.1) is 91.5 Å². The third-order valence-electron chi connectivity index (χ3n) is 5.03. The normalized spacial score (nSPS) is 9.28. The molecule has 0 fully saturated rings. The van der Waals surface area contributed by atoms with Gasteiger partial charge in [0.1, 0.15) is 0 Å². The van der Waals surface area contributed by atoms with Gasteiger partial charge in [-0.05, 0) is 17.5 Å². The van der Waals surface area contributed by atoms with E-state index in [0.29, 0.717) is 119 Å². The van der Waals surface area contributed by atoms with Crippen molar-refractivity contribution < 1.29 is 47.9 Å². The van der Waals surface area contributed by atoms with Crippen molar-refractivity contribution in [2.75, 3.05) is 112 Å². The number of rotatable bonds is 27. The number of ether oxygens (including phenoxy) is 6. The molecule has 310 valence electrons. The molecule has 0 radical (unpaired) electrons. The maximum atomic E-state index is 10.6. The molecule has 1 aromatic heterocycles. The Morgan fingerprint density at radius 3 is 1.52 bits per heavy atom. The molecule has 1 rings (SSSR count). The van der Waals surface area contributed by atoms with E-state index in [0.717, 1.165) is 25.5 Å². The van der Waals surface area contributed by atoms with E-state index in [4.69, 9.17) is 61.5 Å². The second kappa shape index (κ2) is 50.6. The quantitative estimate of drug-likeness (QED) is 0.0327. The average molecular weight is 775 g/mol. The minimum Gasteiger partial charge on any atom is -0.481 e. The molecule has 0 aliphatic heterocycles. The summed E-state index contributed by atoms with van der Waals surface area (Å²) in [4.78, 5) is 35.2. The number of carboxylic acid groups (broad SMARTS) is 1. The van der Waals surface area contributed by atoms with Crippen LogP contribution in [0.2, 0.25) is 0 Å². The molecule has 0 aliphatic rings. The number of carbonyl (C=O) groups excluding carboxylic acids is 2. The Balaban J connectivity index is -0.000000321. The van der Waals surface area contributed by atoms with Crippen molar-refractivity contribution in [3.63, 3.8) is 0 Å². The van der Waals surface area contributed by atoms with Gasteiger partial charge in [-0.15, -0.1) is 17.4 Å². The molecule has 22 nitrogen and oxygen atoms in total. The molecule has 22 heteroatoms. The standard InChI is InChI=1S/C12H22N4O3.C8H16N4O3.C6H14N4O2.C4H6.C2H4O2/c1-3-12-10-16(15-14-12)5-7-19-9-8-18-6-4-13-11(2)17;1-8(13)10-2-4-14-6-7-15-5-3-11-12-9;7-1-3-11-5-6-12-4-2-9-10-8;1-3-4-2;1-2(3)4/h10H,3-9H2,1-2H3,(H,13,17);2-7H2,1H3,(H,10,13);1-7H2;1H,4H2,2H3;1H3,(H,3,4). The van der Waals surface area contributed by atoms with Gasteiger partial charge in [0, 0.05) is 75.9 Å². The van der Waals surface area contributed by atoms with Gasteiger partial charge in [-0.25, -0.2) is 4.68 Å². The number of nitrogens with zero attached hydrogens (tertiary/aromatic N) is 9. The van der Waals surface area contributed by atoms with Crippen LogP contribution in [0.15, 0.2) is 16.4 Å². The van der Waals surface area contributed by atoms with Gasteiger partial charge in [-0.2, -0.15) is 0 Å². The van der Waals surface area contributed by atoms with Crippen LogP contribution in [0.25, 0.3) is 20.9 Å². The van der Waals surface area contributed by atoms with Crippen LogP contribution in [0, 0.1) is 12.3 Å². The van der Waals surface area contributed by atoms with Crippen molar-refractivity contribution in [3.05, 3.63) is 32.8 Å². The minimum absolute atomic E-state index is 0.0425. The zero-order valence-corrected chi connectivity index (χ0v) is 32.5. The van der Waals surface area contributed by atoms with Crippen molar-refractivity contribution in [1.29, 1.82) is 0 Å². The lowest BCUT2D eigenvalue weighted by molar-refractivity contribution is -0.134. The van der Waals surface area contributed by atoms with E-state index >= 15 is 0 Å². The number of hydrogen-bond acceptors (Lipinski definition) is 14. The fraction of sp³-hybridized carbons (Fsp3) is 0.781. The first kappa shape index (κ1) is 56.2. The van der Waals surface area contributed by atoms with Crippen LogP contribution < -0.4 is 16.4 Å². The molecule has 5 N–H and O–H groups in total. The largest absolute Gasteiger partial charge is 0.481 e. The molecule has 0 saturated heterocycles. The van der Waals surface area contributed by atoms with E-state index in [9.17, 15) is 9.59 Å². The number of aliphatic carboxylic acids is 1. The number of aryl methyl sites for hydroxylation is 1. The molecule has 0 atom stereocenters. The first-order valence-electron chi connectivity index (χ1n) is 17.2. The number of nitrogens with two attached hydrogens (primary N) is 1. The number of terminal acetylenes is 1. The van der Waals surface area contributed by atoms with Crippen LogP contribution in [0.3, 0.4) is 0 Å². The number of hydrogen-bond donors (Lipinski definition) is 4.